The van der Waals surface area contributed by atoms with Gasteiger partial charge < -0.3 is 15.4 Å². The SMILES string of the molecule is CN=C(NCCCN1CC(C)OC(C)C1)NCc1ncc(C)s1. The van der Waals surface area contributed by atoms with Gasteiger partial charge in [-0.3, -0.25) is 9.89 Å². The molecule has 0 aromatic carbocycles. The Balaban J connectivity index is 1.62. The molecule has 0 spiro atoms. The molecular formula is C16H29N5OS. The van der Waals surface area contributed by atoms with Crippen molar-refractivity contribution in [2.24, 2.45) is 4.99 Å². The van der Waals surface area contributed by atoms with Crippen LogP contribution in [-0.2, 0) is 11.3 Å². The zero-order chi connectivity index (χ0) is 16.7. The molecule has 1 saturated heterocycles. The molecule has 1 aliphatic heterocycles. The number of nitrogens with one attached hydrogen (secondary N) is 2. The van der Waals surface area contributed by atoms with Gasteiger partial charge >= 0.3 is 0 Å². The molecule has 0 bridgehead atoms. The van der Waals surface area contributed by atoms with Crippen molar-refractivity contribution in [2.45, 2.75) is 45.9 Å². The molecule has 0 amide bonds. The van der Waals surface area contributed by atoms with Gasteiger partial charge in [-0.2, -0.15) is 0 Å². The van der Waals surface area contributed by atoms with E-state index in [1.807, 2.05) is 6.20 Å². The maximum Gasteiger partial charge on any atom is 0.191 e. The Morgan fingerprint density at radius 3 is 2.74 bits per heavy atom. The second kappa shape index (κ2) is 9.20. The smallest absolute Gasteiger partial charge is 0.191 e. The first-order valence-corrected chi connectivity index (χ1v) is 9.12. The normalized spacial score (nSPS) is 23.0. The average Bonchev–Trinajstić information content (AvgIpc) is 2.91. The molecule has 2 atom stereocenters. The molecule has 1 aromatic heterocycles. The van der Waals surface area contributed by atoms with Gasteiger partial charge in [0.05, 0.1) is 18.8 Å². The van der Waals surface area contributed by atoms with Crippen LogP contribution in [0.2, 0.25) is 0 Å². The molecule has 0 aliphatic carbocycles. The molecule has 1 aromatic rings. The molecule has 0 radical (unpaired) electrons. The van der Waals surface area contributed by atoms with Crippen molar-refractivity contribution in [1.29, 1.82) is 0 Å². The summed E-state index contributed by atoms with van der Waals surface area (Å²) in [6.45, 7) is 11.1. The summed E-state index contributed by atoms with van der Waals surface area (Å²) < 4.78 is 5.76. The Hall–Kier alpha value is -1.18. The Labute approximate surface area is 143 Å². The van der Waals surface area contributed by atoms with Crippen molar-refractivity contribution in [2.75, 3.05) is 33.2 Å². The molecule has 7 heteroatoms. The summed E-state index contributed by atoms with van der Waals surface area (Å²) >= 11 is 1.71. The first-order valence-electron chi connectivity index (χ1n) is 8.30. The largest absolute Gasteiger partial charge is 0.373 e. The van der Waals surface area contributed by atoms with E-state index in [9.17, 15) is 0 Å². The van der Waals surface area contributed by atoms with E-state index >= 15 is 0 Å². The van der Waals surface area contributed by atoms with Crippen LogP contribution in [0.3, 0.4) is 0 Å². The molecule has 2 heterocycles. The van der Waals surface area contributed by atoms with Gasteiger partial charge in [-0.25, -0.2) is 4.98 Å². The van der Waals surface area contributed by atoms with Gasteiger partial charge in [-0.05, 0) is 27.2 Å². The number of rotatable bonds is 6. The van der Waals surface area contributed by atoms with E-state index in [0.29, 0.717) is 12.2 Å². The third-order valence-corrected chi connectivity index (χ3v) is 4.65. The maximum atomic E-state index is 5.76. The number of aryl methyl sites for hydroxylation is 1. The summed E-state index contributed by atoms with van der Waals surface area (Å²) in [4.78, 5) is 12.3. The molecule has 6 nitrogen and oxygen atoms in total. The minimum atomic E-state index is 0.336. The van der Waals surface area contributed by atoms with Gasteiger partial charge in [0, 0.05) is 44.3 Å². The van der Waals surface area contributed by atoms with Gasteiger partial charge in [-0.15, -0.1) is 11.3 Å². The van der Waals surface area contributed by atoms with E-state index in [0.717, 1.165) is 50.1 Å². The Morgan fingerprint density at radius 2 is 2.13 bits per heavy atom. The molecule has 2 unspecified atom stereocenters. The topological polar surface area (TPSA) is 61.8 Å². The first kappa shape index (κ1) is 18.2. The van der Waals surface area contributed by atoms with Crippen molar-refractivity contribution in [1.82, 2.24) is 20.5 Å². The van der Waals surface area contributed by atoms with Crippen LogP contribution in [-0.4, -0.2) is 61.3 Å². The number of ether oxygens (including phenoxy) is 1. The Bertz CT molecular complexity index is 494. The van der Waals surface area contributed by atoms with Gasteiger partial charge in [0.1, 0.15) is 5.01 Å². The van der Waals surface area contributed by atoms with Crippen LogP contribution in [0.15, 0.2) is 11.2 Å². The lowest BCUT2D eigenvalue weighted by Crippen LogP contribution is -2.46. The van der Waals surface area contributed by atoms with Gasteiger partial charge in [0.25, 0.3) is 0 Å². The minimum absolute atomic E-state index is 0.336. The lowest BCUT2D eigenvalue weighted by molar-refractivity contribution is -0.0679. The summed E-state index contributed by atoms with van der Waals surface area (Å²) in [5, 5.41) is 7.76. The summed E-state index contributed by atoms with van der Waals surface area (Å²) in [6.07, 6.45) is 3.67. The number of hydrogen-bond donors (Lipinski definition) is 2. The lowest BCUT2D eigenvalue weighted by Gasteiger charge is -2.35. The monoisotopic (exact) mass is 339 g/mol. The second-order valence-corrected chi connectivity index (χ2v) is 7.41. The summed E-state index contributed by atoms with van der Waals surface area (Å²) in [6, 6.07) is 0. The highest BCUT2D eigenvalue weighted by molar-refractivity contribution is 7.11. The second-order valence-electron chi connectivity index (χ2n) is 6.09. The van der Waals surface area contributed by atoms with Crippen LogP contribution >= 0.6 is 11.3 Å². The summed E-state index contributed by atoms with van der Waals surface area (Å²) in [7, 11) is 1.80. The molecule has 0 saturated carbocycles. The third-order valence-electron chi connectivity index (χ3n) is 3.74. The Morgan fingerprint density at radius 1 is 1.39 bits per heavy atom. The van der Waals surface area contributed by atoms with Gasteiger partial charge in [-0.1, -0.05) is 0 Å². The number of hydrogen-bond acceptors (Lipinski definition) is 5. The molecular weight excluding hydrogens is 310 g/mol. The van der Waals surface area contributed by atoms with Crippen molar-refractivity contribution in [3.63, 3.8) is 0 Å². The Kier molecular flexibility index (Phi) is 7.26. The molecule has 23 heavy (non-hydrogen) atoms. The van der Waals surface area contributed by atoms with E-state index in [1.54, 1.807) is 18.4 Å². The van der Waals surface area contributed by atoms with Crippen molar-refractivity contribution < 1.29 is 4.74 Å². The minimum Gasteiger partial charge on any atom is -0.373 e. The fourth-order valence-electron chi connectivity index (χ4n) is 2.84. The first-order chi connectivity index (χ1) is 11.1. The highest BCUT2D eigenvalue weighted by Crippen LogP contribution is 2.11. The average molecular weight is 340 g/mol. The summed E-state index contributed by atoms with van der Waals surface area (Å²) in [5.74, 6) is 0.835. The van der Waals surface area contributed by atoms with Crippen LogP contribution in [0.1, 0.15) is 30.2 Å². The number of thiazole rings is 1. The van der Waals surface area contributed by atoms with Crippen LogP contribution in [0.4, 0.5) is 0 Å². The van der Waals surface area contributed by atoms with Crippen molar-refractivity contribution in [3.05, 3.63) is 16.1 Å². The van der Waals surface area contributed by atoms with Crippen molar-refractivity contribution >= 4 is 17.3 Å². The van der Waals surface area contributed by atoms with E-state index < -0.39 is 0 Å². The van der Waals surface area contributed by atoms with Gasteiger partial charge in [0.15, 0.2) is 5.96 Å². The summed E-state index contributed by atoms with van der Waals surface area (Å²) in [5.41, 5.74) is 0. The standard InChI is InChI=1S/C16H29N5OS/c1-12-10-21(11-13(2)22-12)7-5-6-18-16(17-4)20-9-15-19-8-14(3)23-15/h8,12-13H,5-7,9-11H2,1-4H3,(H2,17,18,20). The van der Waals surface area contributed by atoms with Gasteiger partial charge in [0.2, 0.25) is 0 Å². The predicted octanol–water partition coefficient (Wildman–Crippen LogP) is 1.62. The quantitative estimate of drug-likeness (QED) is 0.468. The maximum absolute atomic E-state index is 5.76. The lowest BCUT2D eigenvalue weighted by atomic mass is 10.2. The molecule has 1 aliphatic rings. The number of aliphatic imine (C=N–C) groups is 1. The zero-order valence-electron chi connectivity index (χ0n) is 14.6. The van der Waals surface area contributed by atoms with Crippen LogP contribution in [0, 0.1) is 6.92 Å². The highest BCUT2D eigenvalue weighted by atomic mass is 32.1. The third kappa shape index (κ3) is 6.45. The number of aromatic nitrogens is 1. The molecule has 2 rings (SSSR count). The fourth-order valence-corrected chi connectivity index (χ4v) is 3.57. The molecule has 1 fully saturated rings. The van der Waals surface area contributed by atoms with Crippen LogP contribution in [0.5, 0.6) is 0 Å². The zero-order valence-corrected chi connectivity index (χ0v) is 15.4. The van der Waals surface area contributed by atoms with E-state index in [-0.39, 0.29) is 0 Å². The number of nitrogens with zero attached hydrogens (tertiary/aromatic N) is 3. The van der Waals surface area contributed by atoms with E-state index in [1.165, 1.54) is 4.88 Å². The van der Waals surface area contributed by atoms with Crippen LogP contribution in [0.25, 0.3) is 0 Å². The number of guanidine groups is 1. The highest BCUT2D eigenvalue weighted by Gasteiger charge is 2.21. The number of morpholine rings is 1. The molecule has 130 valence electrons. The van der Waals surface area contributed by atoms with E-state index in [2.05, 4.69) is 46.3 Å². The van der Waals surface area contributed by atoms with Crippen LogP contribution < -0.4 is 10.6 Å². The van der Waals surface area contributed by atoms with Crippen molar-refractivity contribution in [3.8, 4) is 0 Å². The molecule has 2 N–H and O–H groups in total. The van der Waals surface area contributed by atoms with E-state index in [4.69, 9.17) is 4.74 Å². The fraction of sp³-hybridized carbons (Fsp3) is 0.750. The predicted molar refractivity (Wildman–Crippen MR) is 96.1 cm³/mol.